The maximum Gasteiger partial charge on any atom is 0.307 e. The smallest absolute Gasteiger partial charge is 0.307 e. The number of carbonyl (C=O) groups is 1. The largest absolute Gasteiger partial charge is 0.481 e. The summed E-state index contributed by atoms with van der Waals surface area (Å²) in [6.07, 6.45) is 1.69. The maximum absolute atomic E-state index is 12.1. The molecule has 2 rings (SSSR count). The van der Waals surface area contributed by atoms with Crippen LogP contribution in [0.25, 0.3) is 5.65 Å². The Labute approximate surface area is 122 Å². The zero-order chi connectivity index (χ0) is 15.6. The van der Waals surface area contributed by atoms with Crippen LogP contribution in [-0.2, 0) is 11.3 Å². The van der Waals surface area contributed by atoms with Crippen LogP contribution < -0.4 is 5.56 Å². The van der Waals surface area contributed by atoms with Crippen molar-refractivity contribution in [2.75, 3.05) is 13.6 Å². The molecule has 21 heavy (non-hydrogen) atoms. The van der Waals surface area contributed by atoms with Gasteiger partial charge in [-0.05, 0) is 25.6 Å². The number of aliphatic carboxylic acids is 1. The number of pyridine rings is 1. The van der Waals surface area contributed by atoms with Crippen LogP contribution in [0, 0.1) is 12.8 Å². The van der Waals surface area contributed by atoms with Crippen LogP contribution in [-0.4, -0.2) is 39.0 Å². The molecule has 1 atom stereocenters. The Kier molecular flexibility index (Phi) is 4.37. The van der Waals surface area contributed by atoms with Crippen LogP contribution >= 0.6 is 0 Å². The predicted octanol–water partition coefficient (Wildman–Crippen LogP) is 1.16. The molecule has 0 aromatic carbocycles. The van der Waals surface area contributed by atoms with Crippen molar-refractivity contribution in [3.63, 3.8) is 0 Å². The zero-order valence-corrected chi connectivity index (χ0v) is 12.4. The molecule has 0 amide bonds. The first-order chi connectivity index (χ1) is 9.88. The highest BCUT2D eigenvalue weighted by Gasteiger charge is 2.14. The van der Waals surface area contributed by atoms with Crippen LogP contribution in [0.2, 0.25) is 0 Å². The SMILES string of the molecule is Cc1cccn2c(=O)cc(CN(C)CC(C)C(=O)O)nc12. The third-order valence-electron chi connectivity index (χ3n) is 3.38. The van der Waals surface area contributed by atoms with E-state index in [0.29, 0.717) is 24.4 Å². The molecule has 112 valence electrons. The summed E-state index contributed by atoms with van der Waals surface area (Å²) in [4.78, 5) is 29.3. The van der Waals surface area contributed by atoms with E-state index in [2.05, 4.69) is 4.98 Å². The van der Waals surface area contributed by atoms with Gasteiger partial charge in [0.2, 0.25) is 0 Å². The summed E-state index contributed by atoms with van der Waals surface area (Å²) in [5.74, 6) is -1.29. The van der Waals surface area contributed by atoms with Gasteiger partial charge < -0.3 is 5.11 Å². The highest BCUT2D eigenvalue weighted by molar-refractivity contribution is 5.69. The predicted molar refractivity (Wildman–Crippen MR) is 79.3 cm³/mol. The van der Waals surface area contributed by atoms with Crippen LogP contribution in [0.3, 0.4) is 0 Å². The molecular formula is C15H19N3O3. The molecule has 0 spiro atoms. The minimum atomic E-state index is -0.829. The first-order valence-electron chi connectivity index (χ1n) is 6.77. The minimum Gasteiger partial charge on any atom is -0.481 e. The zero-order valence-electron chi connectivity index (χ0n) is 12.4. The van der Waals surface area contributed by atoms with Crippen molar-refractivity contribution in [2.24, 2.45) is 5.92 Å². The lowest BCUT2D eigenvalue weighted by Gasteiger charge is -2.18. The summed E-state index contributed by atoms with van der Waals surface area (Å²) in [6, 6.07) is 5.21. The van der Waals surface area contributed by atoms with E-state index in [0.717, 1.165) is 5.56 Å². The molecule has 2 aromatic rings. The molecule has 2 heterocycles. The number of aryl methyl sites for hydroxylation is 1. The van der Waals surface area contributed by atoms with Gasteiger partial charge in [-0.15, -0.1) is 0 Å². The van der Waals surface area contributed by atoms with Gasteiger partial charge in [0.05, 0.1) is 11.6 Å². The summed E-state index contributed by atoms with van der Waals surface area (Å²) in [6.45, 7) is 4.41. The number of nitrogens with zero attached hydrogens (tertiary/aromatic N) is 3. The van der Waals surface area contributed by atoms with Crippen LogP contribution in [0.4, 0.5) is 0 Å². The van der Waals surface area contributed by atoms with Gasteiger partial charge in [0.15, 0.2) is 0 Å². The maximum atomic E-state index is 12.1. The Hall–Kier alpha value is -2.21. The van der Waals surface area contributed by atoms with E-state index in [9.17, 15) is 9.59 Å². The number of carboxylic acids is 1. The molecular weight excluding hydrogens is 270 g/mol. The third kappa shape index (κ3) is 3.46. The molecule has 0 aliphatic carbocycles. The van der Waals surface area contributed by atoms with Gasteiger partial charge in [0.25, 0.3) is 5.56 Å². The topological polar surface area (TPSA) is 74.9 Å². The van der Waals surface area contributed by atoms with Gasteiger partial charge in [-0.2, -0.15) is 0 Å². The number of fused-ring (bicyclic) bond motifs is 1. The number of carboxylic acid groups (broad SMARTS) is 1. The highest BCUT2D eigenvalue weighted by Crippen LogP contribution is 2.08. The van der Waals surface area contributed by atoms with Crippen LogP contribution in [0.5, 0.6) is 0 Å². The normalized spacial score (nSPS) is 12.8. The van der Waals surface area contributed by atoms with Gasteiger partial charge in [-0.25, -0.2) is 4.98 Å². The molecule has 0 bridgehead atoms. The average Bonchev–Trinajstić information content (AvgIpc) is 2.39. The number of rotatable bonds is 5. The summed E-state index contributed by atoms with van der Waals surface area (Å²) in [5, 5.41) is 8.92. The van der Waals surface area contributed by atoms with E-state index in [1.807, 2.05) is 31.0 Å². The fourth-order valence-electron chi connectivity index (χ4n) is 2.28. The lowest BCUT2D eigenvalue weighted by Crippen LogP contribution is -2.29. The quantitative estimate of drug-likeness (QED) is 0.894. The number of hydrogen-bond donors (Lipinski definition) is 1. The van der Waals surface area contributed by atoms with Crippen molar-refractivity contribution in [3.8, 4) is 0 Å². The molecule has 0 saturated carbocycles. The standard InChI is InChI=1S/C15H19N3O3/c1-10-5-4-6-18-13(19)7-12(16-14(10)18)9-17(3)8-11(2)15(20)21/h4-7,11H,8-9H2,1-3H3,(H,20,21). The molecule has 0 radical (unpaired) electrons. The van der Waals surface area contributed by atoms with Crippen molar-refractivity contribution < 1.29 is 9.90 Å². The van der Waals surface area contributed by atoms with Gasteiger partial charge in [0, 0.05) is 25.4 Å². The lowest BCUT2D eigenvalue weighted by molar-refractivity contribution is -0.141. The molecule has 0 fully saturated rings. The van der Waals surface area contributed by atoms with E-state index in [1.54, 1.807) is 13.1 Å². The Morgan fingerprint density at radius 1 is 1.52 bits per heavy atom. The van der Waals surface area contributed by atoms with Crippen molar-refractivity contribution in [2.45, 2.75) is 20.4 Å². The lowest BCUT2D eigenvalue weighted by atomic mass is 10.2. The first-order valence-corrected chi connectivity index (χ1v) is 6.77. The summed E-state index contributed by atoms with van der Waals surface area (Å²) in [7, 11) is 1.82. The minimum absolute atomic E-state index is 0.126. The van der Waals surface area contributed by atoms with Gasteiger partial charge >= 0.3 is 5.97 Å². The Morgan fingerprint density at radius 2 is 2.24 bits per heavy atom. The fraction of sp³-hybridized carbons (Fsp3) is 0.400. The molecule has 6 nitrogen and oxygen atoms in total. The summed E-state index contributed by atoms with van der Waals surface area (Å²) in [5.41, 5.74) is 2.09. The molecule has 0 aliphatic rings. The molecule has 1 unspecified atom stereocenters. The number of hydrogen-bond acceptors (Lipinski definition) is 4. The van der Waals surface area contributed by atoms with E-state index in [4.69, 9.17) is 5.11 Å². The van der Waals surface area contributed by atoms with Crippen molar-refractivity contribution >= 4 is 11.6 Å². The second-order valence-electron chi connectivity index (χ2n) is 5.41. The highest BCUT2D eigenvalue weighted by atomic mass is 16.4. The monoisotopic (exact) mass is 289 g/mol. The van der Waals surface area contributed by atoms with Crippen molar-refractivity contribution in [3.05, 3.63) is 46.0 Å². The van der Waals surface area contributed by atoms with E-state index in [-0.39, 0.29) is 5.56 Å². The van der Waals surface area contributed by atoms with Gasteiger partial charge in [0.1, 0.15) is 5.65 Å². The van der Waals surface area contributed by atoms with Gasteiger partial charge in [-0.1, -0.05) is 13.0 Å². The second kappa shape index (κ2) is 6.05. The average molecular weight is 289 g/mol. The second-order valence-corrected chi connectivity index (χ2v) is 5.41. The van der Waals surface area contributed by atoms with Gasteiger partial charge in [-0.3, -0.25) is 18.9 Å². The van der Waals surface area contributed by atoms with Crippen molar-refractivity contribution in [1.29, 1.82) is 0 Å². The van der Waals surface area contributed by atoms with E-state index in [1.165, 1.54) is 10.5 Å². The number of aromatic nitrogens is 2. The fourth-order valence-corrected chi connectivity index (χ4v) is 2.28. The van der Waals surface area contributed by atoms with Crippen molar-refractivity contribution in [1.82, 2.24) is 14.3 Å². The van der Waals surface area contributed by atoms with Crippen LogP contribution in [0.1, 0.15) is 18.2 Å². The molecule has 0 aliphatic heterocycles. The third-order valence-corrected chi connectivity index (χ3v) is 3.38. The molecule has 6 heteroatoms. The Bertz CT molecular complexity index is 724. The summed E-state index contributed by atoms with van der Waals surface area (Å²) >= 11 is 0. The Morgan fingerprint density at radius 3 is 2.90 bits per heavy atom. The van der Waals surface area contributed by atoms with E-state index >= 15 is 0 Å². The van der Waals surface area contributed by atoms with E-state index < -0.39 is 11.9 Å². The molecule has 0 saturated heterocycles. The molecule has 1 N–H and O–H groups in total. The first kappa shape index (κ1) is 15.2. The van der Waals surface area contributed by atoms with Crippen LogP contribution in [0.15, 0.2) is 29.2 Å². The Balaban J connectivity index is 2.25. The molecule has 2 aromatic heterocycles. The summed E-state index contributed by atoms with van der Waals surface area (Å²) < 4.78 is 1.51.